The van der Waals surface area contributed by atoms with Crippen LogP contribution in [0.15, 0.2) is 54.6 Å². The van der Waals surface area contributed by atoms with E-state index in [1.165, 1.54) is 12.1 Å². The smallest absolute Gasteiger partial charge is 0.254 e. The maximum atomic E-state index is 14.0. The average molecular weight is 568 g/mol. The number of aryl methyl sites for hydroxylation is 1. The molecule has 0 aliphatic carbocycles. The van der Waals surface area contributed by atoms with Gasteiger partial charge in [0.05, 0.1) is 39.9 Å². The Morgan fingerprint density at radius 2 is 1.79 bits per heavy atom. The Labute approximate surface area is 230 Å². The number of fused-ring (bicyclic) bond motifs is 1. The number of amides is 1. The molecule has 2 aliphatic heterocycles. The van der Waals surface area contributed by atoms with Crippen molar-refractivity contribution in [1.82, 2.24) is 19.7 Å². The van der Waals surface area contributed by atoms with Crippen molar-refractivity contribution in [3.05, 3.63) is 76.7 Å². The second-order valence-corrected chi connectivity index (χ2v) is 12.8. The van der Waals surface area contributed by atoms with Crippen LogP contribution < -0.4 is 4.90 Å². The summed E-state index contributed by atoms with van der Waals surface area (Å²) in [7, 11) is -3.16. The predicted molar refractivity (Wildman–Crippen MR) is 150 cm³/mol. The summed E-state index contributed by atoms with van der Waals surface area (Å²) in [5.41, 5.74) is 3.72. The van der Waals surface area contributed by atoms with E-state index in [1.54, 1.807) is 22.9 Å². The zero-order valence-electron chi connectivity index (χ0n) is 21.3. The van der Waals surface area contributed by atoms with Crippen LogP contribution in [0, 0.1) is 12.7 Å². The molecule has 1 amide bonds. The second-order valence-electron chi connectivity index (χ2n) is 10.1. The molecule has 0 saturated carbocycles. The third-order valence-corrected chi connectivity index (χ3v) is 9.49. The first-order chi connectivity index (χ1) is 18.7. The van der Waals surface area contributed by atoms with Gasteiger partial charge in [-0.25, -0.2) is 22.5 Å². The molecule has 0 bridgehead atoms. The molecule has 1 atom stereocenters. The Balaban J connectivity index is 1.39. The molecular weight excluding hydrogens is 541 g/mol. The van der Waals surface area contributed by atoms with Crippen molar-refractivity contribution in [2.75, 3.05) is 42.6 Å². The topological polar surface area (TPSA) is 88.4 Å². The lowest BCUT2D eigenvalue weighted by Gasteiger charge is -2.36. The lowest BCUT2D eigenvalue weighted by atomic mass is 10.0. The van der Waals surface area contributed by atoms with E-state index in [9.17, 15) is 17.6 Å². The number of aromatic nitrogens is 3. The molecule has 0 N–H and O–H groups in total. The van der Waals surface area contributed by atoms with Gasteiger partial charge in [0.25, 0.3) is 5.91 Å². The van der Waals surface area contributed by atoms with Gasteiger partial charge in [-0.15, -0.1) is 0 Å². The molecule has 8 nitrogen and oxygen atoms in total. The summed E-state index contributed by atoms with van der Waals surface area (Å²) >= 11 is 6.17. The predicted octanol–water partition coefficient (Wildman–Crippen LogP) is 4.52. The Morgan fingerprint density at radius 3 is 2.46 bits per heavy atom. The number of hydrogen-bond donors (Lipinski definition) is 0. The molecule has 0 spiro atoms. The fourth-order valence-electron chi connectivity index (χ4n) is 5.48. The van der Waals surface area contributed by atoms with Gasteiger partial charge in [-0.2, -0.15) is 5.10 Å². The van der Waals surface area contributed by atoms with Gasteiger partial charge in [0.15, 0.2) is 15.5 Å². The van der Waals surface area contributed by atoms with Gasteiger partial charge in [0.1, 0.15) is 5.82 Å². The van der Waals surface area contributed by atoms with E-state index in [0.717, 1.165) is 5.69 Å². The maximum Gasteiger partial charge on any atom is 0.254 e. The summed E-state index contributed by atoms with van der Waals surface area (Å²) in [6, 6.07) is 15.0. The van der Waals surface area contributed by atoms with Crippen molar-refractivity contribution in [3.8, 4) is 11.3 Å². The Kier molecular flexibility index (Phi) is 6.55. The summed E-state index contributed by atoms with van der Waals surface area (Å²) in [6.45, 7) is 4.17. The first-order valence-electron chi connectivity index (χ1n) is 12.8. The molecule has 4 heterocycles. The molecule has 1 unspecified atom stereocenters. The van der Waals surface area contributed by atoms with E-state index in [4.69, 9.17) is 16.6 Å². The maximum absolute atomic E-state index is 14.0. The monoisotopic (exact) mass is 567 g/mol. The Morgan fingerprint density at radius 1 is 1.05 bits per heavy atom. The number of hydrogen-bond acceptors (Lipinski definition) is 6. The summed E-state index contributed by atoms with van der Waals surface area (Å²) < 4.78 is 39.8. The zero-order valence-corrected chi connectivity index (χ0v) is 22.9. The highest BCUT2D eigenvalue weighted by Crippen LogP contribution is 2.33. The van der Waals surface area contributed by atoms with Crippen molar-refractivity contribution in [1.29, 1.82) is 0 Å². The van der Waals surface area contributed by atoms with Crippen molar-refractivity contribution in [2.45, 2.75) is 19.4 Å². The van der Waals surface area contributed by atoms with Gasteiger partial charge < -0.3 is 9.80 Å². The van der Waals surface area contributed by atoms with Gasteiger partial charge in [-0.3, -0.25) is 4.79 Å². The van der Waals surface area contributed by atoms with Crippen LogP contribution in [0.5, 0.6) is 0 Å². The third-order valence-electron chi connectivity index (χ3n) is 7.50. The molecule has 2 saturated heterocycles. The molecule has 2 aliphatic rings. The molecule has 2 fully saturated rings. The van der Waals surface area contributed by atoms with E-state index >= 15 is 0 Å². The molecule has 0 radical (unpaired) electrons. The molecule has 202 valence electrons. The number of benzene rings is 2. The van der Waals surface area contributed by atoms with Crippen LogP contribution in [0.3, 0.4) is 0 Å². The van der Waals surface area contributed by atoms with Crippen molar-refractivity contribution >= 4 is 44.1 Å². The van der Waals surface area contributed by atoms with Crippen molar-refractivity contribution in [3.63, 3.8) is 0 Å². The SMILES string of the molecule is Cc1nn(C2CCS(=O)(=O)C2)c2nc(-c3ccc(F)cc3)cc(C(=O)N3CCN(c4cccc(Cl)c4)CC3)c12. The Hall–Kier alpha value is -3.50. The van der Waals surface area contributed by atoms with Crippen LogP contribution in [0.25, 0.3) is 22.3 Å². The lowest BCUT2D eigenvalue weighted by molar-refractivity contribution is 0.0748. The van der Waals surface area contributed by atoms with E-state index in [-0.39, 0.29) is 29.3 Å². The fourth-order valence-corrected chi connectivity index (χ4v) is 7.36. The standard InChI is InChI=1S/C28H27ClFN5O3S/c1-18-26-24(28(36)34-12-10-33(11-13-34)22-4-2-3-20(29)15-22)16-25(19-5-7-21(30)8-6-19)31-27(26)35(32-18)23-9-14-39(37,38)17-23/h2-8,15-16,23H,9-14,17H2,1H3. The number of carbonyl (C=O) groups excluding carboxylic acids is 1. The fraction of sp³-hybridized carbons (Fsp3) is 0.321. The van der Waals surface area contributed by atoms with Crippen molar-refractivity contribution in [2.24, 2.45) is 0 Å². The Bertz CT molecular complexity index is 1680. The average Bonchev–Trinajstić information content (AvgIpc) is 3.46. The number of anilines is 1. The van der Waals surface area contributed by atoms with E-state index < -0.39 is 9.84 Å². The number of piperazine rings is 1. The quantitative estimate of drug-likeness (QED) is 0.360. The minimum atomic E-state index is -3.16. The first kappa shape index (κ1) is 25.8. The van der Waals surface area contributed by atoms with Gasteiger partial charge in [0, 0.05) is 42.5 Å². The summed E-state index contributed by atoms with van der Waals surface area (Å²) in [5, 5.41) is 5.96. The molecule has 2 aromatic carbocycles. The number of nitrogens with zero attached hydrogens (tertiary/aromatic N) is 5. The number of carbonyl (C=O) groups is 1. The van der Waals surface area contributed by atoms with Crippen LogP contribution in [-0.2, 0) is 9.84 Å². The highest BCUT2D eigenvalue weighted by atomic mass is 35.5. The van der Waals surface area contributed by atoms with Crippen LogP contribution in [0.1, 0.15) is 28.5 Å². The van der Waals surface area contributed by atoms with Gasteiger partial charge in [-0.1, -0.05) is 17.7 Å². The van der Waals surface area contributed by atoms with Gasteiger partial charge in [-0.05, 0) is 61.9 Å². The van der Waals surface area contributed by atoms with Crippen LogP contribution in [0.2, 0.25) is 5.02 Å². The number of sulfone groups is 1. The lowest BCUT2D eigenvalue weighted by Crippen LogP contribution is -2.48. The summed E-state index contributed by atoms with van der Waals surface area (Å²) in [5.74, 6) is -0.428. The zero-order chi connectivity index (χ0) is 27.3. The minimum absolute atomic E-state index is 0.0135. The van der Waals surface area contributed by atoms with Crippen LogP contribution >= 0.6 is 11.6 Å². The number of halogens is 2. The highest BCUT2D eigenvalue weighted by Gasteiger charge is 2.33. The molecule has 39 heavy (non-hydrogen) atoms. The van der Waals surface area contributed by atoms with E-state index in [0.29, 0.717) is 71.2 Å². The highest BCUT2D eigenvalue weighted by molar-refractivity contribution is 7.91. The normalized spacial score (nSPS) is 19.1. The summed E-state index contributed by atoms with van der Waals surface area (Å²) in [6.07, 6.45) is 0.440. The molecule has 4 aromatic rings. The van der Waals surface area contributed by atoms with Crippen LogP contribution in [0.4, 0.5) is 10.1 Å². The molecule has 2 aromatic heterocycles. The number of rotatable bonds is 4. The van der Waals surface area contributed by atoms with Gasteiger partial charge >= 0.3 is 0 Å². The third kappa shape index (κ3) is 4.98. The van der Waals surface area contributed by atoms with Crippen LogP contribution in [-0.4, -0.2) is 71.7 Å². The number of pyridine rings is 1. The first-order valence-corrected chi connectivity index (χ1v) is 15.0. The van der Waals surface area contributed by atoms with E-state index in [1.807, 2.05) is 36.1 Å². The minimum Gasteiger partial charge on any atom is -0.368 e. The molecule has 6 rings (SSSR count). The molecule has 11 heteroatoms. The molecular formula is C28H27ClFN5O3S. The van der Waals surface area contributed by atoms with Gasteiger partial charge in [0.2, 0.25) is 0 Å². The second kappa shape index (κ2) is 9.91. The summed E-state index contributed by atoms with van der Waals surface area (Å²) in [4.78, 5) is 22.8. The van der Waals surface area contributed by atoms with E-state index in [2.05, 4.69) is 10.00 Å². The van der Waals surface area contributed by atoms with Crippen molar-refractivity contribution < 1.29 is 17.6 Å². The largest absolute Gasteiger partial charge is 0.368 e.